The number of fused-ring (bicyclic) bond motifs is 1. The SMILES string of the molecule is COc1ccc(CC2(C)NC(=O)N(Cc3nc4ccccc4nc3C)C2=O)cc1. The predicted molar refractivity (Wildman–Crippen MR) is 108 cm³/mol. The molecule has 1 unspecified atom stereocenters. The van der Waals surface area contributed by atoms with Gasteiger partial charge in [-0.05, 0) is 43.7 Å². The van der Waals surface area contributed by atoms with Gasteiger partial charge < -0.3 is 10.1 Å². The molecule has 29 heavy (non-hydrogen) atoms. The lowest BCUT2D eigenvalue weighted by Gasteiger charge is -2.22. The lowest BCUT2D eigenvalue weighted by molar-refractivity contribution is -0.131. The van der Waals surface area contributed by atoms with E-state index in [9.17, 15) is 9.59 Å². The van der Waals surface area contributed by atoms with Crippen LogP contribution in [-0.2, 0) is 17.8 Å². The number of nitrogens with one attached hydrogen (secondary N) is 1. The molecule has 148 valence electrons. The van der Waals surface area contributed by atoms with Gasteiger partial charge >= 0.3 is 6.03 Å². The summed E-state index contributed by atoms with van der Waals surface area (Å²) in [5.74, 6) is 0.473. The highest BCUT2D eigenvalue weighted by molar-refractivity contribution is 6.06. The third-order valence-electron chi connectivity index (χ3n) is 5.21. The molecule has 7 nitrogen and oxygen atoms in total. The van der Waals surface area contributed by atoms with E-state index in [0.29, 0.717) is 17.8 Å². The minimum Gasteiger partial charge on any atom is -0.497 e. The van der Waals surface area contributed by atoms with Crippen molar-refractivity contribution in [2.75, 3.05) is 7.11 Å². The predicted octanol–water partition coefficient (Wildman–Crippen LogP) is 3.00. The Morgan fingerprint density at radius 1 is 1.03 bits per heavy atom. The van der Waals surface area contributed by atoms with Gasteiger partial charge in [-0.3, -0.25) is 9.69 Å². The van der Waals surface area contributed by atoms with Crippen LogP contribution in [-0.4, -0.2) is 39.5 Å². The Hall–Kier alpha value is -3.48. The Morgan fingerprint density at radius 3 is 2.34 bits per heavy atom. The molecule has 0 radical (unpaired) electrons. The third kappa shape index (κ3) is 3.51. The molecule has 1 atom stereocenters. The van der Waals surface area contributed by atoms with E-state index in [-0.39, 0.29) is 12.5 Å². The lowest BCUT2D eigenvalue weighted by Crippen LogP contribution is -2.45. The van der Waals surface area contributed by atoms with Crippen LogP contribution in [0.5, 0.6) is 5.75 Å². The molecule has 1 saturated heterocycles. The first-order valence-corrected chi connectivity index (χ1v) is 9.39. The van der Waals surface area contributed by atoms with Crippen LogP contribution in [0.4, 0.5) is 4.79 Å². The fourth-order valence-electron chi connectivity index (χ4n) is 3.59. The first kappa shape index (κ1) is 18.9. The van der Waals surface area contributed by atoms with Crippen LogP contribution in [0.3, 0.4) is 0 Å². The fourth-order valence-corrected chi connectivity index (χ4v) is 3.59. The van der Waals surface area contributed by atoms with E-state index in [1.54, 1.807) is 14.0 Å². The molecule has 2 heterocycles. The van der Waals surface area contributed by atoms with Gasteiger partial charge in [0.25, 0.3) is 5.91 Å². The van der Waals surface area contributed by atoms with Gasteiger partial charge in [0, 0.05) is 6.42 Å². The van der Waals surface area contributed by atoms with Crippen molar-refractivity contribution >= 4 is 23.0 Å². The van der Waals surface area contributed by atoms with E-state index in [2.05, 4.69) is 15.3 Å². The minimum atomic E-state index is -1.01. The van der Waals surface area contributed by atoms with Crippen molar-refractivity contribution in [2.24, 2.45) is 0 Å². The maximum Gasteiger partial charge on any atom is 0.325 e. The van der Waals surface area contributed by atoms with Crippen molar-refractivity contribution < 1.29 is 14.3 Å². The summed E-state index contributed by atoms with van der Waals surface area (Å²) >= 11 is 0. The van der Waals surface area contributed by atoms with Crippen LogP contribution in [0.15, 0.2) is 48.5 Å². The van der Waals surface area contributed by atoms with Crippen LogP contribution in [0, 0.1) is 6.92 Å². The van der Waals surface area contributed by atoms with Crippen LogP contribution in [0.25, 0.3) is 11.0 Å². The molecule has 0 spiro atoms. The highest BCUT2D eigenvalue weighted by Gasteiger charge is 2.47. The first-order chi connectivity index (χ1) is 13.9. The lowest BCUT2D eigenvalue weighted by atomic mass is 9.93. The standard InChI is InChI=1S/C22H22N4O3/c1-14-19(24-18-7-5-4-6-17(18)23-14)13-26-20(27)22(2,25-21(26)28)12-15-8-10-16(29-3)11-9-15/h4-11H,12-13H2,1-3H3,(H,25,28). The summed E-state index contributed by atoms with van der Waals surface area (Å²) < 4.78 is 5.17. The first-order valence-electron chi connectivity index (χ1n) is 9.39. The molecule has 7 heteroatoms. The number of methoxy groups -OCH3 is 1. The number of para-hydroxylation sites is 2. The van der Waals surface area contributed by atoms with Gasteiger partial charge in [0.1, 0.15) is 11.3 Å². The zero-order valence-electron chi connectivity index (χ0n) is 16.6. The van der Waals surface area contributed by atoms with Gasteiger partial charge in [-0.25, -0.2) is 14.8 Å². The molecule has 0 aliphatic carbocycles. The molecule has 1 aliphatic rings. The van der Waals surface area contributed by atoms with E-state index >= 15 is 0 Å². The van der Waals surface area contributed by atoms with Crippen molar-refractivity contribution in [3.63, 3.8) is 0 Å². The molecule has 1 aromatic heterocycles. The summed E-state index contributed by atoms with van der Waals surface area (Å²) in [6.07, 6.45) is 0.389. The number of carbonyl (C=O) groups excluding carboxylic acids is 2. The molecule has 2 aromatic carbocycles. The average molecular weight is 390 g/mol. The molecule has 1 N–H and O–H groups in total. The van der Waals surface area contributed by atoms with Gasteiger partial charge in [0.05, 0.1) is 36.1 Å². The summed E-state index contributed by atoms with van der Waals surface area (Å²) in [6, 6.07) is 14.6. The maximum absolute atomic E-state index is 13.1. The van der Waals surface area contributed by atoms with Crippen LogP contribution >= 0.6 is 0 Å². The van der Waals surface area contributed by atoms with Gasteiger partial charge in [-0.15, -0.1) is 0 Å². The molecular formula is C22H22N4O3. The number of hydrogen-bond acceptors (Lipinski definition) is 5. The number of ether oxygens (including phenoxy) is 1. The van der Waals surface area contributed by atoms with Gasteiger partial charge in [-0.1, -0.05) is 24.3 Å². The number of rotatable bonds is 5. The number of urea groups is 1. The smallest absolute Gasteiger partial charge is 0.325 e. The number of hydrogen-bond donors (Lipinski definition) is 1. The second-order valence-corrected chi connectivity index (χ2v) is 7.42. The van der Waals surface area contributed by atoms with E-state index < -0.39 is 11.6 Å². The number of nitrogens with zero attached hydrogens (tertiary/aromatic N) is 3. The molecule has 1 aliphatic heterocycles. The average Bonchev–Trinajstić information content (AvgIpc) is 2.92. The Balaban J connectivity index is 1.57. The van der Waals surface area contributed by atoms with E-state index in [1.807, 2.05) is 55.5 Å². The Bertz CT molecular complexity index is 1100. The molecule has 4 rings (SSSR count). The Labute approximate surface area is 168 Å². The monoisotopic (exact) mass is 390 g/mol. The number of imide groups is 1. The van der Waals surface area contributed by atoms with Crippen molar-refractivity contribution in [3.8, 4) is 5.75 Å². The second kappa shape index (κ2) is 7.16. The number of benzene rings is 2. The third-order valence-corrected chi connectivity index (χ3v) is 5.21. The van der Waals surface area contributed by atoms with Crippen molar-refractivity contribution in [1.29, 1.82) is 0 Å². The molecule has 3 aromatic rings. The molecule has 3 amide bonds. The van der Waals surface area contributed by atoms with E-state index in [1.165, 1.54) is 4.90 Å². The normalized spacial score (nSPS) is 18.9. The summed E-state index contributed by atoms with van der Waals surface area (Å²) in [5, 5.41) is 2.84. The van der Waals surface area contributed by atoms with E-state index in [0.717, 1.165) is 22.3 Å². The van der Waals surface area contributed by atoms with E-state index in [4.69, 9.17) is 4.74 Å². The summed E-state index contributed by atoms with van der Waals surface area (Å²) in [7, 11) is 1.60. The quantitative estimate of drug-likeness (QED) is 0.677. The zero-order valence-corrected chi connectivity index (χ0v) is 16.6. The highest BCUT2D eigenvalue weighted by Crippen LogP contribution is 2.25. The maximum atomic E-state index is 13.1. The fraction of sp³-hybridized carbons (Fsp3) is 0.273. The summed E-state index contributed by atoms with van der Waals surface area (Å²) in [6.45, 7) is 3.67. The summed E-state index contributed by atoms with van der Waals surface area (Å²) in [5.41, 5.74) is 2.76. The van der Waals surface area contributed by atoms with Crippen molar-refractivity contribution in [3.05, 3.63) is 65.5 Å². The molecule has 0 saturated carbocycles. The van der Waals surface area contributed by atoms with Crippen LogP contribution < -0.4 is 10.1 Å². The molecule has 0 bridgehead atoms. The molecular weight excluding hydrogens is 368 g/mol. The van der Waals surface area contributed by atoms with Crippen molar-refractivity contribution in [2.45, 2.75) is 32.4 Å². The van der Waals surface area contributed by atoms with Crippen LogP contribution in [0.1, 0.15) is 23.9 Å². The zero-order chi connectivity index (χ0) is 20.6. The number of aryl methyl sites for hydroxylation is 1. The number of aromatic nitrogens is 2. The Morgan fingerprint density at radius 2 is 1.69 bits per heavy atom. The Kier molecular flexibility index (Phi) is 4.66. The van der Waals surface area contributed by atoms with Gasteiger partial charge in [0.2, 0.25) is 0 Å². The second-order valence-electron chi connectivity index (χ2n) is 7.42. The highest BCUT2D eigenvalue weighted by atomic mass is 16.5. The molecule has 1 fully saturated rings. The number of amides is 3. The topological polar surface area (TPSA) is 84.4 Å². The van der Waals surface area contributed by atoms with Crippen molar-refractivity contribution in [1.82, 2.24) is 20.2 Å². The number of carbonyl (C=O) groups is 2. The largest absolute Gasteiger partial charge is 0.497 e. The van der Waals surface area contributed by atoms with Crippen LogP contribution in [0.2, 0.25) is 0 Å². The summed E-state index contributed by atoms with van der Waals surface area (Å²) in [4.78, 5) is 36.1. The van der Waals surface area contributed by atoms with Gasteiger partial charge in [-0.2, -0.15) is 0 Å². The minimum absolute atomic E-state index is 0.0898. The van der Waals surface area contributed by atoms with Gasteiger partial charge in [0.15, 0.2) is 0 Å².